The highest BCUT2D eigenvalue weighted by Crippen LogP contribution is 2.25. The van der Waals surface area contributed by atoms with Crippen LogP contribution in [0.1, 0.15) is 40.5 Å². The van der Waals surface area contributed by atoms with Crippen LogP contribution in [0.4, 0.5) is 0 Å². The quantitative estimate of drug-likeness (QED) is 0.259. The lowest BCUT2D eigenvalue weighted by Gasteiger charge is -2.35. The fourth-order valence-corrected chi connectivity index (χ4v) is 4.83. The molecule has 0 radical (unpaired) electrons. The largest absolute Gasteiger partial charge is 0.289 e. The van der Waals surface area contributed by atoms with Gasteiger partial charge < -0.3 is 0 Å². The van der Waals surface area contributed by atoms with Crippen molar-refractivity contribution in [3.8, 4) is 0 Å². The molecule has 11 heteroatoms. The van der Waals surface area contributed by atoms with Gasteiger partial charge in [-0.2, -0.15) is 17.0 Å². The number of carbonyl (C=O) groups excluding carboxylic acids is 2. The minimum Gasteiger partial charge on any atom is -0.289 e. The van der Waals surface area contributed by atoms with E-state index in [0.717, 1.165) is 8.61 Å². The van der Waals surface area contributed by atoms with Crippen LogP contribution in [0.2, 0.25) is 0 Å². The third-order valence-electron chi connectivity index (χ3n) is 4.24. The third kappa shape index (κ3) is 5.98. The molecule has 1 aliphatic heterocycles. The van der Waals surface area contributed by atoms with E-state index in [-0.39, 0.29) is 37.8 Å². The molecule has 0 aromatic heterocycles. The Labute approximate surface area is 160 Å². The molecular weight excluding hydrogens is 376 g/mol. The molecule has 1 heterocycles. The molecule has 2 amide bonds. The van der Waals surface area contributed by atoms with E-state index in [1.807, 2.05) is 27.7 Å². The number of hydroxylamine groups is 2. The fourth-order valence-electron chi connectivity index (χ4n) is 3.01. The third-order valence-corrected chi connectivity index (χ3v) is 6.23. The van der Waals surface area contributed by atoms with Gasteiger partial charge in [-0.25, -0.2) is 11.0 Å². The van der Waals surface area contributed by atoms with E-state index in [1.54, 1.807) is 12.2 Å². The van der Waals surface area contributed by atoms with E-state index in [2.05, 4.69) is 0 Å². The molecule has 4 N–H and O–H groups in total. The molecular formula is C16H30N4O6S. The van der Waals surface area contributed by atoms with Crippen molar-refractivity contribution >= 4 is 22.0 Å². The molecule has 1 aliphatic rings. The molecule has 27 heavy (non-hydrogen) atoms. The Balaban J connectivity index is 3.37. The summed E-state index contributed by atoms with van der Waals surface area (Å²) in [5, 5.41) is 18.1. The molecule has 0 saturated heterocycles. The van der Waals surface area contributed by atoms with Crippen molar-refractivity contribution in [1.82, 2.24) is 19.6 Å². The SMILES string of the molecule is CC(C)CC(C(=O)NO)N1CC=CCN(C(CC(C)C)C(=O)NO)S1(=O)=O. The van der Waals surface area contributed by atoms with Crippen molar-refractivity contribution in [2.24, 2.45) is 11.8 Å². The van der Waals surface area contributed by atoms with Crippen molar-refractivity contribution in [2.75, 3.05) is 13.1 Å². The predicted molar refractivity (Wildman–Crippen MR) is 97.8 cm³/mol. The van der Waals surface area contributed by atoms with Gasteiger partial charge in [0.1, 0.15) is 12.1 Å². The minimum atomic E-state index is -4.24. The molecule has 0 saturated carbocycles. The number of amides is 2. The maximum atomic E-state index is 13.3. The lowest BCUT2D eigenvalue weighted by Crippen LogP contribution is -2.57. The van der Waals surface area contributed by atoms with Crippen LogP contribution in [0.15, 0.2) is 12.2 Å². The van der Waals surface area contributed by atoms with E-state index < -0.39 is 34.1 Å². The van der Waals surface area contributed by atoms with E-state index in [1.165, 1.54) is 11.0 Å². The molecule has 10 nitrogen and oxygen atoms in total. The first-order valence-corrected chi connectivity index (χ1v) is 10.3. The zero-order valence-electron chi connectivity index (χ0n) is 16.1. The van der Waals surface area contributed by atoms with Crippen LogP contribution in [-0.2, 0) is 19.8 Å². The summed E-state index contributed by atoms with van der Waals surface area (Å²) in [6.07, 6.45) is 3.57. The lowest BCUT2D eigenvalue weighted by molar-refractivity contribution is -0.133. The predicted octanol–water partition coefficient (Wildman–Crippen LogP) is 0.245. The number of rotatable bonds is 8. The number of nitrogens with zero attached hydrogens (tertiary/aromatic N) is 2. The summed E-state index contributed by atoms with van der Waals surface area (Å²) in [4.78, 5) is 24.3. The summed E-state index contributed by atoms with van der Waals surface area (Å²) >= 11 is 0. The van der Waals surface area contributed by atoms with Gasteiger partial charge in [-0.05, 0) is 24.7 Å². The normalized spacial score (nSPS) is 20.3. The maximum Gasteiger partial charge on any atom is 0.284 e. The van der Waals surface area contributed by atoms with Crippen LogP contribution in [0, 0.1) is 11.8 Å². The van der Waals surface area contributed by atoms with Crippen molar-refractivity contribution < 1.29 is 28.4 Å². The average Bonchev–Trinajstić information content (AvgIpc) is 2.74. The van der Waals surface area contributed by atoms with E-state index in [4.69, 9.17) is 10.4 Å². The highest BCUT2D eigenvalue weighted by molar-refractivity contribution is 7.86. The van der Waals surface area contributed by atoms with Crippen LogP contribution in [0.5, 0.6) is 0 Å². The molecule has 156 valence electrons. The second-order valence-electron chi connectivity index (χ2n) is 7.36. The average molecular weight is 407 g/mol. The van der Waals surface area contributed by atoms with Gasteiger partial charge in [-0.15, -0.1) is 0 Å². The van der Waals surface area contributed by atoms with Gasteiger partial charge in [-0.3, -0.25) is 20.0 Å². The summed E-state index contributed by atoms with van der Waals surface area (Å²) < 4.78 is 28.6. The van der Waals surface area contributed by atoms with Crippen molar-refractivity contribution in [3.05, 3.63) is 12.2 Å². The van der Waals surface area contributed by atoms with Crippen LogP contribution < -0.4 is 11.0 Å². The lowest BCUT2D eigenvalue weighted by atomic mass is 10.0. The van der Waals surface area contributed by atoms with Gasteiger partial charge in [0.2, 0.25) is 0 Å². The summed E-state index contributed by atoms with van der Waals surface area (Å²) in [5.41, 5.74) is 3.06. The fraction of sp³-hybridized carbons (Fsp3) is 0.750. The second-order valence-corrected chi connectivity index (χ2v) is 9.20. The Morgan fingerprint density at radius 3 is 1.48 bits per heavy atom. The Morgan fingerprint density at radius 1 is 0.889 bits per heavy atom. The van der Waals surface area contributed by atoms with E-state index in [9.17, 15) is 18.0 Å². The number of hydrogen-bond acceptors (Lipinski definition) is 6. The zero-order valence-corrected chi connectivity index (χ0v) is 16.9. The number of hydrogen-bond donors (Lipinski definition) is 4. The van der Waals surface area contributed by atoms with Gasteiger partial charge in [0.05, 0.1) is 0 Å². The molecule has 0 bridgehead atoms. The van der Waals surface area contributed by atoms with Crippen LogP contribution >= 0.6 is 0 Å². The maximum absolute atomic E-state index is 13.3. The summed E-state index contributed by atoms with van der Waals surface area (Å²) in [6.45, 7) is 7.18. The van der Waals surface area contributed by atoms with Gasteiger partial charge in [0.15, 0.2) is 0 Å². The first-order chi connectivity index (χ1) is 12.6. The van der Waals surface area contributed by atoms with Crippen LogP contribution in [0.3, 0.4) is 0 Å². The van der Waals surface area contributed by atoms with E-state index >= 15 is 0 Å². The molecule has 0 fully saturated rings. The molecule has 2 unspecified atom stereocenters. The molecule has 2 atom stereocenters. The monoisotopic (exact) mass is 406 g/mol. The Kier molecular flexibility index (Phi) is 8.82. The van der Waals surface area contributed by atoms with Gasteiger partial charge in [-0.1, -0.05) is 39.8 Å². The highest BCUT2D eigenvalue weighted by Gasteiger charge is 2.43. The standard InChI is InChI=1S/C16H30N4O6S/c1-11(2)9-13(15(21)17-23)19-7-5-6-8-20(27(19,25)26)14(10-12(3)4)16(22)18-24/h5-6,11-14,23-24H,7-10H2,1-4H3,(H,17,21)(H,18,22). The van der Waals surface area contributed by atoms with E-state index in [0.29, 0.717) is 0 Å². The van der Waals surface area contributed by atoms with Crippen LogP contribution in [-0.4, -0.2) is 64.4 Å². The molecule has 1 rings (SSSR count). The number of carbonyl (C=O) groups is 2. The molecule has 0 spiro atoms. The topological polar surface area (TPSA) is 139 Å². The zero-order chi connectivity index (χ0) is 20.8. The first kappa shape index (κ1) is 23.5. The molecule has 0 aromatic rings. The smallest absolute Gasteiger partial charge is 0.284 e. The van der Waals surface area contributed by atoms with Gasteiger partial charge in [0, 0.05) is 13.1 Å². The Morgan fingerprint density at radius 2 is 1.22 bits per heavy atom. The summed E-state index contributed by atoms with van der Waals surface area (Å²) in [5.74, 6) is -1.71. The first-order valence-electron chi connectivity index (χ1n) is 8.87. The van der Waals surface area contributed by atoms with Crippen molar-refractivity contribution in [3.63, 3.8) is 0 Å². The highest BCUT2D eigenvalue weighted by atomic mass is 32.2. The van der Waals surface area contributed by atoms with Crippen molar-refractivity contribution in [2.45, 2.75) is 52.6 Å². The van der Waals surface area contributed by atoms with Gasteiger partial charge in [0.25, 0.3) is 22.0 Å². The van der Waals surface area contributed by atoms with Crippen molar-refractivity contribution in [1.29, 1.82) is 0 Å². The summed E-state index contributed by atoms with van der Waals surface area (Å²) in [6, 6.07) is -2.27. The number of nitrogens with one attached hydrogen (secondary N) is 2. The Hall–Kier alpha value is -1.53. The minimum absolute atomic E-state index is 0.0182. The second kappa shape index (κ2) is 10.1. The van der Waals surface area contributed by atoms with Gasteiger partial charge >= 0.3 is 0 Å². The molecule has 0 aliphatic carbocycles. The molecule has 0 aromatic carbocycles. The summed E-state index contributed by atoms with van der Waals surface area (Å²) in [7, 11) is -4.24. The Bertz CT molecular complexity index is 601. The van der Waals surface area contributed by atoms with Crippen LogP contribution in [0.25, 0.3) is 0 Å².